The number of nitrogens with zero attached hydrogens (tertiary/aromatic N) is 4. The minimum atomic E-state index is -0.359. The van der Waals surface area contributed by atoms with Crippen molar-refractivity contribution in [3.8, 4) is 11.4 Å². The van der Waals surface area contributed by atoms with Crippen molar-refractivity contribution < 1.29 is 4.39 Å². The number of benzene rings is 1. The third-order valence-electron chi connectivity index (χ3n) is 2.64. The SMILES string of the molecule is Cc1ccc(F)c(-c2nnc3cncc(Cl)n23)c1. The standard InChI is InChI=1S/C12H8ClFN4/c1-7-2-3-9(14)8(4-7)12-17-16-11-6-15-5-10(13)18(11)12/h2-6H,1H3. The second-order valence-electron chi connectivity index (χ2n) is 3.93. The van der Waals surface area contributed by atoms with Gasteiger partial charge in [0.2, 0.25) is 0 Å². The molecule has 0 saturated carbocycles. The maximum absolute atomic E-state index is 13.9. The molecule has 0 saturated heterocycles. The van der Waals surface area contributed by atoms with E-state index >= 15 is 0 Å². The first-order chi connectivity index (χ1) is 8.66. The summed E-state index contributed by atoms with van der Waals surface area (Å²) in [5.74, 6) is 0.0152. The molecule has 0 spiro atoms. The van der Waals surface area contributed by atoms with E-state index in [1.54, 1.807) is 16.5 Å². The van der Waals surface area contributed by atoms with Gasteiger partial charge in [0.1, 0.15) is 11.0 Å². The van der Waals surface area contributed by atoms with Crippen LogP contribution in [0.25, 0.3) is 17.0 Å². The molecule has 0 bridgehead atoms. The van der Waals surface area contributed by atoms with Crippen LogP contribution in [0.3, 0.4) is 0 Å². The highest BCUT2D eigenvalue weighted by molar-refractivity contribution is 6.29. The van der Waals surface area contributed by atoms with Gasteiger partial charge >= 0.3 is 0 Å². The van der Waals surface area contributed by atoms with Gasteiger partial charge in [-0.15, -0.1) is 10.2 Å². The van der Waals surface area contributed by atoms with Gasteiger partial charge in [0.25, 0.3) is 0 Å². The molecule has 4 nitrogen and oxygen atoms in total. The van der Waals surface area contributed by atoms with Crippen LogP contribution in [0.15, 0.2) is 30.6 Å². The number of hydrogen-bond donors (Lipinski definition) is 0. The van der Waals surface area contributed by atoms with Crippen LogP contribution in [0.1, 0.15) is 5.56 Å². The molecule has 2 heterocycles. The molecule has 0 N–H and O–H groups in total. The van der Waals surface area contributed by atoms with Gasteiger partial charge in [0, 0.05) is 0 Å². The van der Waals surface area contributed by atoms with Crippen LogP contribution in [0.4, 0.5) is 4.39 Å². The lowest BCUT2D eigenvalue weighted by molar-refractivity contribution is 0.629. The Morgan fingerprint density at radius 2 is 2.06 bits per heavy atom. The quantitative estimate of drug-likeness (QED) is 0.677. The summed E-state index contributed by atoms with van der Waals surface area (Å²) in [6.07, 6.45) is 2.99. The summed E-state index contributed by atoms with van der Waals surface area (Å²) < 4.78 is 15.4. The van der Waals surface area contributed by atoms with E-state index in [2.05, 4.69) is 15.2 Å². The van der Waals surface area contributed by atoms with Gasteiger partial charge in [0.05, 0.1) is 18.0 Å². The van der Waals surface area contributed by atoms with Gasteiger partial charge < -0.3 is 0 Å². The number of aromatic nitrogens is 4. The fourth-order valence-corrected chi connectivity index (χ4v) is 2.02. The Bertz CT molecular complexity index is 738. The van der Waals surface area contributed by atoms with E-state index < -0.39 is 0 Å². The lowest BCUT2D eigenvalue weighted by atomic mass is 10.1. The van der Waals surface area contributed by atoms with Crippen LogP contribution >= 0.6 is 11.6 Å². The van der Waals surface area contributed by atoms with Crippen LogP contribution in [0.2, 0.25) is 5.15 Å². The molecular weight excluding hydrogens is 255 g/mol. The average Bonchev–Trinajstić information content (AvgIpc) is 2.77. The molecule has 0 unspecified atom stereocenters. The molecule has 0 fully saturated rings. The molecule has 6 heteroatoms. The monoisotopic (exact) mass is 262 g/mol. The summed E-state index contributed by atoms with van der Waals surface area (Å²) in [5.41, 5.74) is 1.79. The molecule has 18 heavy (non-hydrogen) atoms. The van der Waals surface area contributed by atoms with Crippen molar-refractivity contribution >= 4 is 17.2 Å². The molecule has 3 aromatic rings. The Labute approximate surface area is 107 Å². The van der Waals surface area contributed by atoms with Crippen molar-refractivity contribution in [3.63, 3.8) is 0 Å². The lowest BCUT2D eigenvalue weighted by Gasteiger charge is -2.04. The Balaban J connectivity index is 2.35. The van der Waals surface area contributed by atoms with E-state index in [0.29, 0.717) is 22.2 Å². The highest BCUT2D eigenvalue weighted by atomic mass is 35.5. The van der Waals surface area contributed by atoms with Gasteiger partial charge in [0.15, 0.2) is 11.5 Å². The van der Waals surface area contributed by atoms with E-state index in [9.17, 15) is 4.39 Å². The van der Waals surface area contributed by atoms with Crippen molar-refractivity contribution in [2.24, 2.45) is 0 Å². The molecule has 2 aromatic heterocycles. The predicted molar refractivity (Wildman–Crippen MR) is 65.9 cm³/mol. The zero-order chi connectivity index (χ0) is 12.7. The number of fused-ring (bicyclic) bond motifs is 1. The van der Waals surface area contributed by atoms with Crippen molar-refractivity contribution in [1.82, 2.24) is 19.6 Å². The zero-order valence-corrected chi connectivity index (χ0v) is 10.2. The Morgan fingerprint density at radius 3 is 2.89 bits per heavy atom. The Morgan fingerprint density at radius 1 is 1.22 bits per heavy atom. The third-order valence-corrected chi connectivity index (χ3v) is 2.90. The summed E-state index contributed by atoms with van der Waals surface area (Å²) in [6, 6.07) is 4.81. The third kappa shape index (κ3) is 1.64. The van der Waals surface area contributed by atoms with Crippen molar-refractivity contribution in [2.45, 2.75) is 6.92 Å². The molecule has 0 atom stereocenters. The number of rotatable bonds is 1. The largest absolute Gasteiger partial charge is 0.262 e. The van der Waals surface area contributed by atoms with Gasteiger partial charge in [-0.25, -0.2) is 4.39 Å². The minimum Gasteiger partial charge on any atom is -0.262 e. The summed E-state index contributed by atoms with van der Waals surface area (Å²) >= 11 is 6.04. The minimum absolute atomic E-state index is 0.341. The summed E-state index contributed by atoms with van der Waals surface area (Å²) in [6.45, 7) is 1.88. The molecule has 3 rings (SSSR count). The topological polar surface area (TPSA) is 43.1 Å². The van der Waals surface area contributed by atoms with Gasteiger partial charge in [-0.2, -0.15) is 0 Å². The normalized spacial score (nSPS) is 11.1. The summed E-state index contributed by atoms with van der Waals surface area (Å²) in [5, 5.41) is 8.24. The fraction of sp³-hybridized carbons (Fsp3) is 0.0833. The van der Waals surface area contributed by atoms with E-state index in [4.69, 9.17) is 11.6 Å². The lowest BCUT2D eigenvalue weighted by Crippen LogP contribution is -1.95. The van der Waals surface area contributed by atoms with Gasteiger partial charge in [-0.05, 0) is 19.1 Å². The zero-order valence-electron chi connectivity index (χ0n) is 9.43. The second kappa shape index (κ2) is 4.03. The van der Waals surface area contributed by atoms with Crippen molar-refractivity contribution in [1.29, 1.82) is 0 Å². The van der Waals surface area contributed by atoms with Crippen LogP contribution < -0.4 is 0 Å². The van der Waals surface area contributed by atoms with Crippen LogP contribution in [-0.4, -0.2) is 19.6 Å². The number of hydrogen-bond acceptors (Lipinski definition) is 3. The first-order valence-electron chi connectivity index (χ1n) is 5.28. The highest BCUT2D eigenvalue weighted by Crippen LogP contribution is 2.25. The maximum Gasteiger partial charge on any atom is 0.180 e. The van der Waals surface area contributed by atoms with Gasteiger partial charge in [-0.1, -0.05) is 23.2 Å². The van der Waals surface area contributed by atoms with Gasteiger partial charge in [-0.3, -0.25) is 9.38 Å². The van der Waals surface area contributed by atoms with Crippen LogP contribution in [0, 0.1) is 12.7 Å². The number of halogens is 2. The van der Waals surface area contributed by atoms with E-state index in [-0.39, 0.29) is 5.82 Å². The predicted octanol–water partition coefficient (Wildman–Crippen LogP) is 2.89. The van der Waals surface area contributed by atoms with Crippen LogP contribution in [0.5, 0.6) is 0 Å². The summed E-state index contributed by atoms with van der Waals surface area (Å²) in [7, 11) is 0. The maximum atomic E-state index is 13.9. The van der Waals surface area contributed by atoms with E-state index in [1.807, 2.05) is 6.92 Å². The molecule has 90 valence electrons. The molecule has 1 aromatic carbocycles. The summed E-state index contributed by atoms with van der Waals surface area (Å²) in [4.78, 5) is 3.91. The molecule has 0 aliphatic carbocycles. The first-order valence-corrected chi connectivity index (χ1v) is 5.66. The molecule has 0 radical (unpaired) electrons. The Kier molecular flexibility index (Phi) is 2.48. The van der Waals surface area contributed by atoms with Crippen molar-refractivity contribution in [3.05, 3.63) is 47.1 Å². The highest BCUT2D eigenvalue weighted by Gasteiger charge is 2.14. The van der Waals surface area contributed by atoms with Crippen LogP contribution in [-0.2, 0) is 0 Å². The molecule has 0 aliphatic rings. The average molecular weight is 263 g/mol. The molecular formula is C12H8ClFN4. The first kappa shape index (κ1) is 11.1. The molecule has 0 aliphatic heterocycles. The second-order valence-corrected chi connectivity index (χ2v) is 4.32. The van der Waals surface area contributed by atoms with Crippen molar-refractivity contribution in [2.75, 3.05) is 0 Å². The number of aryl methyl sites for hydroxylation is 1. The fourth-order valence-electron chi connectivity index (χ4n) is 1.80. The van der Waals surface area contributed by atoms with E-state index in [0.717, 1.165) is 5.56 Å². The molecule has 0 amide bonds. The Hall–Kier alpha value is -2.01. The smallest absolute Gasteiger partial charge is 0.180 e. The van der Waals surface area contributed by atoms with E-state index in [1.165, 1.54) is 18.5 Å².